The summed E-state index contributed by atoms with van der Waals surface area (Å²) in [6.07, 6.45) is 17.7. The number of allylic oxidation sites excluding steroid dienone is 1. The van der Waals surface area contributed by atoms with Gasteiger partial charge in [-0.15, -0.1) is 0 Å². The molecule has 4 heteroatoms. The molecule has 0 amide bonds. The molecule has 0 saturated heterocycles. The molecule has 178 valence electrons. The third-order valence-corrected chi connectivity index (χ3v) is 9.99. The molecule has 0 bridgehead atoms. The summed E-state index contributed by atoms with van der Waals surface area (Å²) in [5.41, 5.74) is 10.4. The van der Waals surface area contributed by atoms with Gasteiger partial charge in [-0.3, -0.25) is 15.6 Å². The smallest absolute Gasteiger partial charge is 0.347 e. The van der Waals surface area contributed by atoms with Gasteiger partial charge in [-0.2, -0.15) is 0 Å². The molecule has 0 radical (unpaired) electrons. The Morgan fingerprint density at radius 2 is 1.91 bits per heavy atom. The van der Waals surface area contributed by atoms with Gasteiger partial charge in [0.25, 0.3) is 0 Å². The number of nitrogens with zero attached hydrogens (tertiary/aromatic N) is 1. The minimum absolute atomic E-state index is 0.348. The van der Waals surface area contributed by atoms with E-state index in [2.05, 4.69) is 45.3 Å². The quantitative estimate of drug-likeness (QED) is 0.346. The van der Waals surface area contributed by atoms with E-state index in [0.29, 0.717) is 28.1 Å². The van der Waals surface area contributed by atoms with Gasteiger partial charge in [0.2, 0.25) is 0 Å². The molecule has 3 fully saturated rings. The van der Waals surface area contributed by atoms with Gasteiger partial charge in [0.1, 0.15) is 0 Å². The summed E-state index contributed by atoms with van der Waals surface area (Å²) in [5.74, 6) is 2.96. The van der Waals surface area contributed by atoms with Gasteiger partial charge in [-0.1, -0.05) is 34.1 Å². The predicted molar refractivity (Wildman–Crippen MR) is 132 cm³/mol. The molecule has 4 rings (SSSR count). The van der Waals surface area contributed by atoms with Crippen LogP contribution >= 0.6 is 0 Å². The van der Waals surface area contributed by atoms with Gasteiger partial charge in [0, 0.05) is 0 Å². The third-order valence-electron chi connectivity index (χ3n) is 9.99. The summed E-state index contributed by atoms with van der Waals surface area (Å²) in [6, 6.07) is 2.13. The molecule has 3 saturated carbocycles. The van der Waals surface area contributed by atoms with Crippen LogP contribution in [0.5, 0.6) is 0 Å². The van der Waals surface area contributed by atoms with E-state index in [0.717, 1.165) is 18.3 Å². The molecule has 3 aliphatic carbocycles. The first-order chi connectivity index (χ1) is 15.1. The minimum atomic E-state index is 0.348. The van der Waals surface area contributed by atoms with Crippen LogP contribution in [0.1, 0.15) is 84.6 Å². The van der Waals surface area contributed by atoms with E-state index in [1.165, 1.54) is 56.9 Å². The highest BCUT2D eigenvalue weighted by atomic mass is 16.3. The Balaban J connectivity index is 1.67. The molecule has 2 unspecified atom stereocenters. The average molecular weight is 441 g/mol. The van der Waals surface area contributed by atoms with Gasteiger partial charge < -0.3 is 4.42 Å². The van der Waals surface area contributed by atoms with Crippen LogP contribution in [0.3, 0.4) is 0 Å². The molecule has 32 heavy (non-hydrogen) atoms. The summed E-state index contributed by atoms with van der Waals surface area (Å²) in [5, 5.41) is 3.41. The zero-order valence-electron chi connectivity index (χ0n) is 21.3. The maximum Gasteiger partial charge on any atom is 0.347 e. The second kappa shape index (κ2) is 8.57. The molecule has 3 aliphatic rings. The fourth-order valence-electron chi connectivity index (χ4n) is 8.40. The summed E-state index contributed by atoms with van der Waals surface area (Å²) in [4.78, 5) is 0. The Morgan fingerprint density at radius 1 is 1.12 bits per heavy atom. The Morgan fingerprint density at radius 3 is 2.59 bits per heavy atom. The highest BCUT2D eigenvalue weighted by molar-refractivity contribution is 5.73. The molecule has 5 atom stereocenters. The van der Waals surface area contributed by atoms with Crippen molar-refractivity contribution in [1.29, 1.82) is 0 Å². The summed E-state index contributed by atoms with van der Waals surface area (Å²) < 4.78 is 7.32. The first kappa shape index (κ1) is 23.4. The summed E-state index contributed by atoms with van der Waals surface area (Å²) in [7, 11) is 3.98. The van der Waals surface area contributed by atoms with Crippen LogP contribution in [-0.2, 0) is 6.42 Å². The number of nitrogens with one attached hydrogen (secondary N) is 1. The van der Waals surface area contributed by atoms with Crippen molar-refractivity contribution in [3.8, 4) is 0 Å². The van der Waals surface area contributed by atoms with E-state index in [1.807, 2.05) is 31.2 Å². The third kappa shape index (κ3) is 4.03. The molecule has 0 aliphatic heterocycles. The van der Waals surface area contributed by atoms with E-state index in [-0.39, 0.29) is 0 Å². The van der Waals surface area contributed by atoms with E-state index in [9.17, 15) is 0 Å². The zero-order valence-corrected chi connectivity index (χ0v) is 21.3. The van der Waals surface area contributed by atoms with E-state index in [1.54, 1.807) is 5.57 Å². The molecule has 3 N–H and O–H groups in total. The fraction of sp³-hybridized carbons (Fsp3) is 0.750. The second-order valence-electron chi connectivity index (χ2n) is 12.4. The van der Waals surface area contributed by atoms with Gasteiger partial charge in [0.15, 0.2) is 0 Å². The molecule has 4 nitrogen and oxygen atoms in total. The number of hydrogen-bond donors (Lipinski definition) is 2. The Kier molecular flexibility index (Phi) is 6.28. The maximum atomic E-state index is 6.21. The average Bonchev–Trinajstić information content (AvgIpc) is 3.23. The molecule has 1 aromatic rings. The summed E-state index contributed by atoms with van der Waals surface area (Å²) >= 11 is 0. The van der Waals surface area contributed by atoms with Crippen molar-refractivity contribution in [2.24, 2.45) is 39.7 Å². The van der Waals surface area contributed by atoms with Crippen LogP contribution in [0.2, 0.25) is 0 Å². The normalized spacial score (nSPS) is 37.4. The van der Waals surface area contributed by atoms with Gasteiger partial charge in [0.05, 0.1) is 32.8 Å². The molecular weight excluding hydrogens is 394 g/mol. The minimum Gasteiger partial charge on any atom is -0.472 e. The van der Waals surface area contributed by atoms with Gasteiger partial charge in [-0.25, -0.2) is 0 Å². The van der Waals surface area contributed by atoms with Crippen molar-refractivity contribution in [1.82, 2.24) is 5.32 Å². The van der Waals surface area contributed by atoms with Crippen molar-refractivity contribution in [3.63, 3.8) is 0 Å². The molecular formula is C28H46N3O+. The van der Waals surface area contributed by atoms with Crippen LogP contribution < -0.4 is 11.1 Å². The number of furan rings is 1. The van der Waals surface area contributed by atoms with E-state index in [4.69, 9.17) is 10.2 Å². The SMILES string of the molecule is C[N+](C)=C(N)N/C=C1/CCC2[C@@]3(C)CCCC(C)(C)C3CC[C@]2(C)[C@@H]1CCc1ccoc1. The molecule has 0 spiro atoms. The van der Waals surface area contributed by atoms with Crippen LogP contribution in [-0.4, -0.2) is 24.6 Å². The maximum absolute atomic E-state index is 6.21. The number of guanidine groups is 1. The Hall–Kier alpha value is -1.71. The topological polar surface area (TPSA) is 54.2 Å². The van der Waals surface area contributed by atoms with Gasteiger partial charge >= 0.3 is 5.96 Å². The predicted octanol–water partition coefficient (Wildman–Crippen LogP) is 5.93. The highest BCUT2D eigenvalue weighted by Gasteiger charge is 2.61. The van der Waals surface area contributed by atoms with Crippen molar-refractivity contribution >= 4 is 5.96 Å². The lowest BCUT2D eigenvalue weighted by atomic mass is 9.39. The number of nitrogens with two attached hydrogens (primary N) is 1. The molecule has 1 heterocycles. The Bertz CT molecular complexity index is 863. The Labute approximate surface area is 195 Å². The standard InChI is InChI=1S/C28H45N3O/c1-26(2)14-7-15-28(4)23(26)12-16-27(3)22(10-8-20-13-17-32-19-20)21(9-11-24(27)28)18-30-25(29)31(5)6/h13,17-19,22-24H,7-12,14-16H2,1-6H3,(H2,29,30)/p+1/b21-18-/t22-,23?,24?,27-,28+/m1/s1. The second-order valence-corrected chi connectivity index (χ2v) is 12.4. The number of fused-ring (bicyclic) bond motifs is 3. The van der Waals surface area contributed by atoms with Crippen LogP contribution in [0, 0.1) is 34.0 Å². The zero-order chi connectivity index (χ0) is 23.1. The van der Waals surface area contributed by atoms with E-state index < -0.39 is 0 Å². The van der Waals surface area contributed by atoms with Crippen molar-refractivity contribution in [2.75, 3.05) is 14.1 Å². The van der Waals surface area contributed by atoms with Crippen molar-refractivity contribution < 1.29 is 8.99 Å². The fourth-order valence-corrected chi connectivity index (χ4v) is 8.40. The number of hydrogen-bond acceptors (Lipinski definition) is 1. The van der Waals surface area contributed by atoms with Crippen molar-refractivity contribution in [3.05, 3.63) is 35.9 Å². The highest BCUT2D eigenvalue weighted by Crippen LogP contribution is 2.69. The van der Waals surface area contributed by atoms with Crippen LogP contribution in [0.4, 0.5) is 0 Å². The first-order valence-corrected chi connectivity index (χ1v) is 12.8. The van der Waals surface area contributed by atoms with Crippen LogP contribution in [0.15, 0.2) is 34.8 Å². The van der Waals surface area contributed by atoms with E-state index >= 15 is 0 Å². The van der Waals surface area contributed by atoms with Crippen LogP contribution in [0.25, 0.3) is 0 Å². The lowest BCUT2D eigenvalue weighted by molar-refractivity contribution is -0.467. The van der Waals surface area contributed by atoms with Gasteiger partial charge in [-0.05, 0) is 103 Å². The summed E-state index contributed by atoms with van der Waals surface area (Å²) in [6.45, 7) is 10.4. The monoisotopic (exact) mass is 440 g/mol. The molecule has 1 aromatic heterocycles. The lowest BCUT2D eigenvalue weighted by Crippen LogP contribution is -2.58. The van der Waals surface area contributed by atoms with Crippen molar-refractivity contribution in [2.45, 2.75) is 85.5 Å². The molecule has 0 aromatic carbocycles. The largest absolute Gasteiger partial charge is 0.472 e. The number of aryl methyl sites for hydroxylation is 1. The first-order valence-electron chi connectivity index (χ1n) is 12.8. The lowest BCUT2D eigenvalue weighted by Gasteiger charge is -2.66. The number of rotatable bonds is 4.